The van der Waals surface area contributed by atoms with Gasteiger partial charge < -0.3 is 72.1 Å². The molecule has 2 fully saturated rings. The molecule has 7 aromatic rings. The lowest BCUT2D eigenvalue weighted by Crippen LogP contribution is -2.31. The van der Waals surface area contributed by atoms with Gasteiger partial charge in [0.2, 0.25) is 5.95 Å². The van der Waals surface area contributed by atoms with Crippen LogP contribution in [0.5, 0.6) is 0 Å². The Hall–Kier alpha value is -7.74. The third-order valence-electron chi connectivity index (χ3n) is 7.75. The molecule has 2 saturated heterocycles. The molecule has 340 valence electrons. The van der Waals surface area contributed by atoms with Gasteiger partial charge in [0.05, 0.1) is 38.6 Å². The van der Waals surface area contributed by atoms with Crippen LogP contribution in [0.15, 0.2) is 78.5 Å². The molecule has 0 radical (unpaired) electrons. The molecule has 19 N–H and O–H groups in total. The van der Waals surface area contributed by atoms with Crippen LogP contribution in [0.25, 0.3) is 22.3 Å². The summed E-state index contributed by atoms with van der Waals surface area (Å²) >= 11 is 0. The maximum absolute atomic E-state index is 11.0. The van der Waals surface area contributed by atoms with Crippen LogP contribution in [-0.2, 0) is 9.47 Å². The van der Waals surface area contributed by atoms with E-state index in [4.69, 9.17) is 52.2 Å². The van der Waals surface area contributed by atoms with Gasteiger partial charge in [0.25, 0.3) is 16.7 Å². The van der Waals surface area contributed by atoms with E-state index >= 15 is 0 Å². The molecule has 5 unspecified atom stereocenters. The third-order valence-corrected chi connectivity index (χ3v) is 7.75. The second-order valence-electron chi connectivity index (χ2n) is 12.4. The number of nitrogens with two attached hydrogens (primary N) is 3. The minimum absolute atomic E-state index is 0.0683. The number of anilines is 3. The molecule has 5 atom stereocenters. The molecule has 0 spiro atoms. The number of H-pyrrole nitrogens is 8. The molecule has 0 amide bonds. The first-order valence-electron chi connectivity index (χ1n) is 18.0. The zero-order valence-electron chi connectivity index (χ0n) is 33.0. The number of fused-ring (bicyclic) bond motifs is 2. The average Bonchev–Trinajstić information content (AvgIpc) is 4.07. The molecule has 30 heteroatoms. The molecule has 0 aromatic carbocycles. The molecule has 9 rings (SSSR count). The number of aliphatic hydroxyl groups excluding tert-OH is 5. The van der Waals surface area contributed by atoms with Crippen molar-refractivity contribution in [2.45, 2.75) is 43.9 Å². The van der Waals surface area contributed by atoms with Crippen LogP contribution < -0.4 is 50.9 Å². The highest BCUT2D eigenvalue weighted by atomic mass is 16.5. The highest BCUT2D eigenvalue weighted by molar-refractivity contribution is 5.80. The van der Waals surface area contributed by atoms with Crippen molar-refractivity contribution >= 4 is 39.9 Å². The number of aryl methyl sites for hydroxylation is 1. The summed E-state index contributed by atoms with van der Waals surface area (Å²) in [5.74, 6) is 0.849. The van der Waals surface area contributed by atoms with Crippen LogP contribution in [-0.4, -0.2) is 152 Å². The zero-order chi connectivity index (χ0) is 46.5. The van der Waals surface area contributed by atoms with Crippen molar-refractivity contribution in [3.05, 3.63) is 118 Å². The zero-order valence-corrected chi connectivity index (χ0v) is 33.0. The predicted octanol–water partition coefficient (Wildman–Crippen LogP) is -5.82. The number of ether oxygens (including phenoxy) is 2. The fourth-order valence-corrected chi connectivity index (χ4v) is 4.53. The highest BCUT2D eigenvalue weighted by Gasteiger charge is 2.33. The van der Waals surface area contributed by atoms with Gasteiger partial charge in [0.1, 0.15) is 42.1 Å². The van der Waals surface area contributed by atoms with E-state index in [9.17, 15) is 28.8 Å². The second-order valence-corrected chi connectivity index (χ2v) is 12.4. The summed E-state index contributed by atoms with van der Waals surface area (Å²) in [5, 5.41) is 43.5. The van der Waals surface area contributed by atoms with Gasteiger partial charge >= 0.3 is 17.1 Å². The molecule has 9 heterocycles. The van der Waals surface area contributed by atoms with E-state index in [1.807, 2.05) is 4.98 Å². The largest absolute Gasteiger partial charge is 0.394 e. The number of hydrogen-bond acceptors (Lipinski definition) is 22. The van der Waals surface area contributed by atoms with Crippen LogP contribution in [0.2, 0.25) is 0 Å². The SMILES string of the molecule is Cc1c[nH]c(=O)[nH]c1=O.Nc1ccnc(=O)[nH]1.Nc1nc2nc[nH]c2c(=O)[nH]1.Nc1ncnc2nc[nH]c12.O=c1cc[nH]c(=O)[nH]1.OCC1OCC(O)C1O.OCC1OCCC1O. The number of nitrogens with one attached hydrogen (secondary N) is 8. The first-order valence-corrected chi connectivity index (χ1v) is 18.0. The van der Waals surface area contributed by atoms with E-state index in [0.717, 1.165) is 0 Å². The molecule has 2 aliphatic heterocycles. The average molecular weight is 888 g/mol. The van der Waals surface area contributed by atoms with Gasteiger partial charge in [-0.25, -0.2) is 39.3 Å². The smallest absolute Gasteiger partial charge is 0.346 e. The van der Waals surface area contributed by atoms with E-state index in [0.29, 0.717) is 52.6 Å². The van der Waals surface area contributed by atoms with Crippen molar-refractivity contribution in [3.63, 3.8) is 0 Å². The first-order chi connectivity index (χ1) is 30.0. The molecule has 63 heavy (non-hydrogen) atoms. The van der Waals surface area contributed by atoms with Crippen molar-refractivity contribution in [1.82, 2.24) is 69.8 Å². The normalized spacial score (nSPS) is 18.2. The summed E-state index contributed by atoms with van der Waals surface area (Å²) in [6.45, 7) is 2.01. The molecule has 30 nitrogen and oxygen atoms in total. The summed E-state index contributed by atoms with van der Waals surface area (Å²) in [4.78, 5) is 104. The molecule has 7 aromatic heterocycles. The van der Waals surface area contributed by atoms with Crippen LogP contribution in [0.1, 0.15) is 12.0 Å². The van der Waals surface area contributed by atoms with Crippen LogP contribution in [0.4, 0.5) is 17.6 Å². The van der Waals surface area contributed by atoms with Crippen molar-refractivity contribution in [3.8, 4) is 0 Å². The maximum Gasteiger partial charge on any atom is 0.346 e. The summed E-state index contributed by atoms with van der Waals surface area (Å²) < 4.78 is 9.69. The molecule has 0 bridgehead atoms. The number of aliphatic hydroxyl groups is 5. The topological polar surface area (TPSA) is 504 Å². The Kier molecular flexibility index (Phi) is 19.8. The van der Waals surface area contributed by atoms with Crippen molar-refractivity contribution in [2.24, 2.45) is 0 Å². The standard InChI is InChI=1S/C5H5N5O.C5H5N5.C5H6N2O2.C5H10O4.C5H10O3.C4H5N3O.C4H4N2O2/c6-5-9-3-2(4(11)10-5)7-1-8-3;6-4-3-5(9-1-7-3)10-2-8-4;1-3-2-6-5(9)7-4(3)8;6-1-4-5(8)3(7)2-9-4;6-3-5-4(7)1-2-8-5;5-3-1-2-6-4(8)7-3;7-3-1-2-5-4(8)6-3/h1H,(H4,6,7,8,9,10,11);1-2H,(H3,6,7,8,9,10);2H,1H3,(H2,6,7,8,9);3-8H,1-2H2;4-7H,1-3H2;1-2H,(H3,5,6,7,8);1-2H,(H2,5,6,7,8). The number of nitrogens with zero attached hydrogens (tertiary/aromatic N) is 6. The molecular formula is C33H45N17O13. The lowest BCUT2D eigenvalue weighted by Gasteiger charge is -2.10. The number of aromatic amines is 8. The summed E-state index contributed by atoms with van der Waals surface area (Å²) in [7, 11) is 0. The van der Waals surface area contributed by atoms with E-state index in [-0.39, 0.29) is 48.6 Å². The van der Waals surface area contributed by atoms with Gasteiger partial charge in [0, 0.05) is 36.8 Å². The highest BCUT2D eigenvalue weighted by Crippen LogP contribution is 2.13. The Labute approximate surface area is 349 Å². The molecule has 0 aliphatic carbocycles. The summed E-state index contributed by atoms with van der Waals surface area (Å²) in [5.41, 5.74) is 16.0. The number of imidazole rings is 2. The Balaban J connectivity index is 0.000000196. The second kappa shape index (κ2) is 25.1. The lowest BCUT2D eigenvalue weighted by atomic mass is 10.2. The number of rotatable bonds is 2. The van der Waals surface area contributed by atoms with Gasteiger partial charge in [0.15, 0.2) is 22.6 Å². The minimum atomic E-state index is -0.921. The Morgan fingerprint density at radius 3 is 1.87 bits per heavy atom. The van der Waals surface area contributed by atoms with Crippen LogP contribution in [0, 0.1) is 6.92 Å². The van der Waals surface area contributed by atoms with E-state index in [2.05, 4.69) is 64.8 Å². The molecule has 0 saturated carbocycles. The van der Waals surface area contributed by atoms with Gasteiger partial charge in [-0.05, 0) is 19.4 Å². The number of aromatic nitrogens is 14. The number of hydrogen-bond donors (Lipinski definition) is 16. The first kappa shape index (κ1) is 49.6. The predicted molar refractivity (Wildman–Crippen MR) is 221 cm³/mol. The van der Waals surface area contributed by atoms with E-state index in [1.165, 1.54) is 49.7 Å². The fraction of sp³-hybridized carbons (Fsp3) is 0.333. The van der Waals surface area contributed by atoms with Crippen molar-refractivity contribution < 1.29 is 35.0 Å². The van der Waals surface area contributed by atoms with Gasteiger partial charge in [-0.15, -0.1) is 0 Å². The molecular weight excluding hydrogens is 842 g/mol. The summed E-state index contributed by atoms with van der Waals surface area (Å²) in [6, 6.07) is 2.75. The van der Waals surface area contributed by atoms with Crippen molar-refractivity contribution in [2.75, 3.05) is 43.6 Å². The Bertz CT molecular complexity index is 2770. The lowest BCUT2D eigenvalue weighted by molar-refractivity contribution is -0.00588. The third kappa shape index (κ3) is 16.7. The minimum Gasteiger partial charge on any atom is -0.394 e. The van der Waals surface area contributed by atoms with Gasteiger partial charge in [-0.1, -0.05) is 0 Å². The van der Waals surface area contributed by atoms with E-state index < -0.39 is 41.5 Å². The van der Waals surface area contributed by atoms with Crippen molar-refractivity contribution in [1.29, 1.82) is 0 Å². The van der Waals surface area contributed by atoms with E-state index in [1.54, 1.807) is 6.92 Å². The Morgan fingerprint density at radius 2 is 1.40 bits per heavy atom. The van der Waals surface area contributed by atoms with Gasteiger partial charge in [-0.3, -0.25) is 34.3 Å². The fourth-order valence-electron chi connectivity index (χ4n) is 4.53. The van der Waals surface area contributed by atoms with Crippen LogP contribution in [0.3, 0.4) is 0 Å². The molecule has 2 aliphatic rings. The quantitative estimate of drug-likeness (QED) is 0.0769. The monoisotopic (exact) mass is 887 g/mol. The maximum atomic E-state index is 11.0. The Morgan fingerprint density at radius 1 is 0.714 bits per heavy atom. The summed E-state index contributed by atoms with van der Waals surface area (Å²) in [6.07, 6.45) is 5.88. The van der Waals surface area contributed by atoms with Crippen LogP contribution >= 0.6 is 0 Å². The van der Waals surface area contributed by atoms with Gasteiger partial charge in [-0.2, -0.15) is 4.98 Å². The number of nitrogen functional groups attached to an aromatic ring is 3.